The first-order valence-electron chi connectivity index (χ1n) is 9.64. The first kappa shape index (κ1) is 23.8. The first-order chi connectivity index (χ1) is 12.7. The first-order valence-corrected chi connectivity index (χ1v) is 9.64. The van der Waals surface area contributed by atoms with Crippen molar-refractivity contribution in [1.82, 2.24) is 0 Å². The maximum atomic E-state index is 9.37. The number of hydrogen-bond acceptors (Lipinski definition) is 5. The predicted molar refractivity (Wildman–Crippen MR) is 108 cm³/mol. The quantitative estimate of drug-likeness (QED) is 0.480. The van der Waals surface area contributed by atoms with E-state index in [0.717, 1.165) is 6.42 Å². The van der Waals surface area contributed by atoms with Crippen molar-refractivity contribution in [1.29, 1.82) is 0 Å². The number of rotatable bonds is 11. The molecule has 0 radical (unpaired) electrons. The molecule has 154 valence electrons. The predicted octanol–water partition coefficient (Wildman–Crippen LogP) is 2.93. The van der Waals surface area contributed by atoms with Gasteiger partial charge in [-0.3, -0.25) is 0 Å². The Morgan fingerprint density at radius 3 is 2.52 bits per heavy atom. The number of hydrogen-bond donors (Lipinski definition) is 3. The lowest BCUT2D eigenvalue weighted by Gasteiger charge is -2.31. The third kappa shape index (κ3) is 8.11. The van der Waals surface area contributed by atoms with Gasteiger partial charge < -0.3 is 24.8 Å². The summed E-state index contributed by atoms with van der Waals surface area (Å²) in [4.78, 5) is 0. The highest BCUT2D eigenvalue weighted by molar-refractivity contribution is 5.41. The van der Waals surface area contributed by atoms with Crippen molar-refractivity contribution >= 4 is 0 Å². The van der Waals surface area contributed by atoms with Crippen molar-refractivity contribution in [2.75, 3.05) is 19.8 Å². The topological polar surface area (TPSA) is 79.2 Å². The van der Waals surface area contributed by atoms with Crippen molar-refractivity contribution < 1.29 is 24.8 Å². The average Bonchev–Trinajstić information content (AvgIpc) is 2.64. The van der Waals surface area contributed by atoms with Crippen LogP contribution in [0.4, 0.5) is 0 Å². The van der Waals surface area contributed by atoms with Gasteiger partial charge in [0.15, 0.2) is 0 Å². The van der Waals surface area contributed by atoms with Crippen molar-refractivity contribution in [3.05, 3.63) is 47.6 Å². The average molecular weight is 381 g/mol. The Morgan fingerprint density at radius 1 is 1.30 bits per heavy atom. The maximum absolute atomic E-state index is 9.37. The number of allylic oxidation sites excluding steroid dienone is 5. The molecule has 0 aliphatic heterocycles. The van der Waals surface area contributed by atoms with Gasteiger partial charge in [-0.1, -0.05) is 50.3 Å². The van der Waals surface area contributed by atoms with Gasteiger partial charge in [-0.25, -0.2) is 0 Å². The third-order valence-electron chi connectivity index (χ3n) is 4.68. The van der Waals surface area contributed by atoms with E-state index in [4.69, 9.17) is 14.6 Å². The molecule has 0 aromatic rings. The van der Waals surface area contributed by atoms with E-state index in [1.807, 2.05) is 19.9 Å². The maximum Gasteiger partial charge on any atom is 0.100 e. The third-order valence-corrected chi connectivity index (χ3v) is 4.68. The highest BCUT2D eigenvalue weighted by Gasteiger charge is 2.26. The van der Waals surface area contributed by atoms with E-state index < -0.39 is 12.2 Å². The van der Waals surface area contributed by atoms with Gasteiger partial charge in [0, 0.05) is 5.41 Å². The Bertz CT molecular complexity index is 557. The van der Waals surface area contributed by atoms with Crippen LogP contribution in [-0.4, -0.2) is 59.6 Å². The fourth-order valence-corrected chi connectivity index (χ4v) is 2.89. The summed E-state index contributed by atoms with van der Waals surface area (Å²) >= 11 is 0. The van der Waals surface area contributed by atoms with Crippen LogP contribution >= 0.6 is 0 Å². The minimum atomic E-state index is -0.847. The molecule has 0 fully saturated rings. The summed E-state index contributed by atoms with van der Waals surface area (Å²) in [6.45, 7) is 10.2. The van der Waals surface area contributed by atoms with Gasteiger partial charge in [0.1, 0.15) is 6.10 Å². The molecule has 0 amide bonds. The van der Waals surface area contributed by atoms with Crippen LogP contribution in [0.3, 0.4) is 0 Å². The molecule has 0 bridgehead atoms. The van der Waals surface area contributed by atoms with Crippen LogP contribution in [0, 0.1) is 5.41 Å². The lowest BCUT2D eigenvalue weighted by Crippen LogP contribution is -2.23. The SMILES string of the molecule is C/C=C(\C=C/C(C)OCC(O)CO)C(C)(C)C1=CCC(OCC(C)O)C=C1. The molecule has 1 aliphatic carbocycles. The summed E-state index contributed by atoms with van der Waals surface area (Å²) < 4.78 is 11.2. The minimum Gasteiger partial charge on any atom is -0.394 e. The van der Waals surface area contributed by atoms with Crippen molar-refractivity contribution in [3.63, 3.8) is 0 Å². The lowest BCUT2D eigenvalue weighted by molar-refractivity contribution is -0.00874. The lowest BCUT2D eigenvalue weighted by atomic mass is 9.75. The van der Waals surface area contributed by atoms with Crippen LogP contribution in [0.1, 0.15) is 41.0 Å². The zero-order valence-corrected chi connectivity index (χ0v) is 17.3. The highest BCUT2D eigenvalue weighted by Crippen LogP contribution is 2.38. The molecular formula is C22H36O5. The van der Waals surface area contributed by atoms with Crippen LogP contribution in [0.15, 0.2) is 47.6 Å². The van der Waals surface area contributed by atoms with E-state index >= 15 is 0 Å². The largest absolute Gasteiger partial charge is 0.394 e. The fraction of sp³-hybridized carbons (Fsp3) is 0.636. The van der Waals surface area contributed by atoms with Gasteiger partial charge in [-0.15, -0.1) is 0 Å². The van der Waals surface area contributed by atoms with E-state index in [2.05, 4.69) is 44.2 Å². The molecule has 0 saturated carbocycles. The van der Waals surface area contributed by atoms with E-state index in [1.165, 1.54) is 11.1 Å². The van der Waals surface area contributed by atoms with E-state index in [-0.39, 0.29) is 30.8 Å². The second-order valence-corrected chi connectivity index (χ2v) is 7.58. The molecule has 0 spiro atoms. The smallest absolute Gasteiger partial charge is 0.100 e. The van der Waals surface area contributed by atoms with Crippen LogP contribution in [0.25, 0.3) is 0 Å². The van der Waals surface area contributed by atoms with Gasteiger partial charge in [0.25, 0.3) is 0 Å². The molecule has 0 aromatic carbocycles. The molecule has 4 atom stereocenters. The van der Waals surface area contributed by atoms with E-state index in [9.17, 15) is 10.2 Å². The van der Waals surface area contributed by atoms with Crippen molar-refractivity contribution in [2.45, 2.75) is 65.5 Å². The molecule has 27 heavy (non-hydrogen) atoms. The summed E-state index contributed by atoms with van der Waals surface area (Å²) in [5, 5.41) is 27.6. The van der Waals surface area contributed by atoms with Crippen molar-refractivity contribution in [3.8, 4) is 0 Å². The molecule has 1 rings (SSSR count). The zero-order chi connectivity index (χ0) is 20.4. The van der Waals surface area contributed by atoms with E-state index in [0.29, 0.717) is 6.61 Å². The second kappa shape index (κ2) is 11.6. The molecule has 0 aromatic heterocycles. The monoisotopic (exact) mass is 380 g/mol. The highest BCUT2D eigenvalue weighted by atomic mass is 16.5. The molecule has 0 saturated heterocycles. The molecule has 0 heterocycles. The molecule has 1 aliphatic rings. The summed E-state index contributed by atoms with van der Waals surface area (Å²) in [7, 11) is 0. The summed E-state index contributed by atoms with van der Waals surface area (Å²) in [5.74, 6) is 0. The van der Waals surface area contributed by atoms with Crippen molar-refractivity contribution in [2.24, 2.45) is 5.41 Å². The number of aliphatic hydroxyl groups excluding tert-OH is 3. The standard InChI is InChI=1S/C22H36O5/c1-6-18(8-7-17(3)26-15-20(25)13-23)22(4,5)19-9-11-21(12-10-19)27-14-16(2)24/h6-11,16-17,20-21,23-25H,12-15H2,1-5H3/b8-7-,18-6+. The number of aliphatic hydroxyl groups is 3. The molecule has 4 unspecified atom stereocenters. The minimum absolute atomic E-state index is 0.00937. The van der Waals surface area contributed by atoms with Gasteiger partial charge >= 0.3 is 0 Å². The van der Waals surface area contributed by atoms with E-state index in [1.54, 1.807) is 6.92 Å². The molecule has 5 nitrogen and oxygen atoms in total. The van der Waals surface area contributed by atoms with Gasteiger partial charge in [0.2, 0.25) is 0 Å². The molecule has 5 heteroatoms. The summed E-state index contributed by atoms with van der Waals surface area (Å²) in [6.07, 6.45) is 11.8. The van der Waals surface area contributed by atoms with Gasteiger partial charge in [0.05, 0.1) is 38.1 Å². The fourth-order valence-electron chi connectivity index (χ4n) is 2.89. The Balaban J connectivity index is 2.69. The second-order valence-electron chi connectivity index (χ2n) is 7.58. The van der Waals surface area contributed by atoms with Gasteiger partial charge in [-0.2, -0.15) is 0 Å². The summed E-state index contributed by atoms with van der Waals surface area (Å²) in [5.41, 5.74) is 2.22. The van der Waals surface area contributed by atoms with Crippen LogP contribution in [0.5, 0.6) is 0 Å². The van der Waals surface area contributed by atoms with Gasteiger partial charge in [-0.05, 0) is 38.3 Å². The Hall–Kier alpha value is -1.24. The Morgan fingerprint density at radius 2 is 2.00 bits per heavy atom. The Labute approximate surface area is 163 Å². The zero-order valence-electron chi connectivity index (χ0n) is 17.3. The summed E-state index contributed by atoms with van der Waals surface area (Å²) in [6, 6.07) is 0. The number of ether oxygens (including phenoxy) is 2. The molecular weight excluding hydrogens is 344 g/mol. The normalized spacial score (nSPS) is 22.0. The van der Waals surface area contributed by atoms with Crippen LogP contribution < -0.4 is 0 Å². The Kier molecular flexibility index (Phi) is 10.2. The van der Waals surface area contributed by atoms with Crippen LogP contribution in [-0.2, 0) is 9.47 Å². The van der Waals surface area contributed by atoms with Crippen LogP contribution in [0.2, 0.25) is 0 Å². The molecule has 3 N–H and O–H groups in total.